The molecule has 1 saturated carbocycles. The third kappa shape index (κ3) is 4.38. The topological polar surface area (TPSA) is 96.3 Å². The Labute approximate surface area is 140 Å². The van der Waals surface area contributed by atoms with Crippen molar-refractivity contribution in [3.63, 3.8) is 0 Å². The van der Waals surface area contributed by atoms with Gasteiger partial charge in [0.15, 0.2) is 5.11 Å². The lowest BCUT2D eigenvalue weighted by molar-refractivity contribution is -0.384. The highest BCUT2D eigenvalue weighted by Gasteiger charge is 2.34. The van der Waals surface area contributed by atoms with Crippen LogP contribution in [0.2, 0.25) is 0 Å². The Morgan fingerprint density at radius 2 is 2.17 bits per heavy atom. The summed E-state index contributed by atoms with van der Waals surface area (Å²) >= 11 is 5.01. The number of hydrogen-bond acceptors (Lipinski definition) is 4. The molecule has 0 radical (unpaired) electrons. The second-order valence-corrected chi connectivity index (χ2v) is 5.90. The zero-order chi connectivity index (χ0) is 16.8. The number of benzene rings is 1. The number of carbonyl (C=O) groups is 1. The maximum atomic E-state index is 12.5. The van der Waals surface area contributed by atoms with Crippen molar-refractivity contribution < 1.29 is 9.72 Å². The molecule has 1 aromatic carbocycles. The molecule has 1 amide bonds. The Bertz CT molecular complexity index is 604. The van der Waals surface area contributed by atoms with E-state index >= 15 is 0 Å². The molecule has 23 heavy (non-hydrogen) atoms. The smallest absolute Gasteiger partial charge is 0.269 e. The van der Waals surface area contributed by atoms with Gasteiger partial charge in [-0.05, 0) is 43.5 Å². The van der Waals surface area contributed by atoms with Crippen molar-refractivity contribution >= 4 is 28.9 Å². The van der Waals surface area contributed by atoms with Crippen LogP contribution in [0.3, 0.4) is 0 Å². The van der Waals surface area contributed by atoms with Crippen LogP contribution in [-0.4, -0.2) is 22.5 Å². The fourth-order valence-electron chi connectivity index (χ4n) is 2.64. The molecule has 0 heterocycles. The first kappa shape index (κ1) is 17.1. The maximum Gasteiger partial charge on any atom is 0.269 e. The van der Waals surface area contributed by atoms with Crippen molar-refractivity contribution in [1.82, 2.24) is 16.2 Å². The van der Waals surface area contributed by atoms with E-state index in [0.29, 0.717) is 17.2 Å². The summed E-state index contributed by atoms with van der Waals surface area (Å²) in [5.41, 5.74) is 5.92. The molecule has 1 aliphatic rings. The second kappa shape index (κ2) is 7.87. The number of carbonyl (C=O) groups excluding carboxylic acids is 1. The van der Waals surface area contributed by atoms with E-state index in [9.17, 15) is 14.9 Å². The standard InChI is InChI=1S/C15H20N4O3S/c1-2-16-15(23)18-17-14(20)13(10-5-3-6-10)11-7-4-8-12(9-11)19(21)22/h4,7-10,13H,2-3,5-6H2,1H3,(H,17,20)(H2,16,18,23). The van der Waals surface area contributed by atoms with E-state index < -0.39 is 10.8 Å². The Morgan fingerprint density at radius 1 is 1.43 bits per heavy atom. The zero-order valence-electron chi connectivity index (χ0n) is 12.9. The number of hydrogen-bond donors (Lipinski definition) is 3. The van der Waals surface area contributed by atoms with E-state index in [1.165, 1.54) is 12.1 Å². The van der Waals surface area contributed by atoms with Crippen LogP contribution in [0, 0.1) is 16.0 Å². The second-order valence-electron chi connectivity index (χ2n) is 5.49. The predicted molar refractivity (Wildman–Crippen MR) is 90.7 cm³/mol. The Kier molecular flexibility index (Phi) is 5.86. The van der Waals surface area contributed by atoms with Crippen LogP contribution in [0.5, 0.6) is 0 Å². The molecule has 0 aromatic heterocycles. The van der Waals surface area contributed by atoms with E-state index in [0.717, 1.165) is 19.3 Å². The molecule has 0 aliphatic heterocycles. The van der Waals surface area contributed by atoms with Gasteiger partial charge < -0.3 is 5.32 Å². The molecule has 1 aliphatic carbocycles. The highest BCUT2D eigenvalue weighted by atomic mass is 32.1. The van der Waals surface area contributed by atoms with Crippen LogP contribution < -0.4 is 16.2 Å². The molecule has 3 N–H and O–H groups in total. The van der Waals surface area contributed by atoms with Crippen LogP contribution in [0.15, 0.2) is 24.3 Å². The first-order valence-corrected chi connectivity index (χ1v) is 8.01. The van der Waals surface area contributed by atoms with Gasteiger partial charge in [-0.2, -0.15) is 0 Å². The average Bonchev–Trinajstić information content (AvgIpc) is 2.48. The van der Waals surface area contributed by atoms with Crippen molar-refractivity contribution in [3.8, 4) is 0 Å². The molecule has 7 nitrogen and oxygen atoms in total. The number of hydrazine groups is 1. The number of rotatable bonds is 5. The number of nitro benzene ring substituents is 1. The molecule has 0 bridgehead atoms. The molecular weight excluding hydrogens is 316 g/mol. The molecule has 1 fully saturated rings. The van der Waals surface area contributed by atoms with Gasteiger partial charge in [0.1, 0.15) is 0 Å². The highest BCUT2D eigenvalue weighted by molar-refractivity contribution is 7.80. The van der Waals surface area contributed by atoms with Crippen molar-refractivity contribution in [1.29, 1.82) is 0 Å². The summed E-state index contributed by atoms with van der Waals surface area (Å²) in [5, 5.41) is 14.2. The summed E-state index contributed by atoms with van der Waals surface area (Å²) in [7, 11) is 0. The first-order chi connectivity index (χ1) is 11.0. The molecule has 0 spiro atoms. The van der Waals surface area contributed by atoms with Gasteiger partial charge in [0.2, 0.25) is 5.91 Å². The lowest BCUT2D eigenvalue weighted by Crippen LogP contribution is -2.49. The maximum absolute atomic E-state index is 12.5. The number of thiocarbonyl (C=S) groups is 1. The first-order valence-electron chi connectivity index (χ1n) is 7.61. The minimum atomic E-state index is -0.447. The monoisotopic (exact) mass is 336 g/mol. The third-order valence-corrected chi connectivity index (χ3v) is 4.23. The molecule has 124 valence electrons. The van der Waals surface area contributed by atoms with Crippen molar-refractivity contribution in [3.05, 3.63) is 39.9 Å². The summed E-state index contributed by atoms with van der Waals surface area (Å²) in [6.07, 6.45) is 2.96. The lowest BCUT2D eigenvalue weighted by Gasteiger charge is -2.33. The zero-order valence-corrected chi connectivity index (χ0v) is 13.7. The SMILES string of the molecule is CCNC(=S)NNC(=O)C(c1cccc([N+](=O)[O-])c1)C1CCC1. The van der Waals surface area contributed by atoms with Gasteiger partial charge in [0, 0.05) is 18.7 Å². The number of nitro groups is 1. The van der Waals surface area contributed by atoms with Crippen molar-refractivity contribution in [2.45, 2.75) is 32.1 Å². The third-order valence-electron chi connectivity index (χ3n) is 3.98. The van der Waals surface area contributed by atoms with Gasteiger partial charge in [-0.15, -0.1) is 0 Å². The van der Waals surface area contributed by atoms with Crippen LogP contribution in [0.25, 0.3) is 0 Å². The summed E-state index contributed by atoms with van der Waals surface area (Å²) in [5.74, 6) is -0.442. The molecule has 0 saturated heterocycles. The quantitative estimate of drug-likeness (QED) is 0.432. The van der Waals surface area contributed by atoms with E-state index in [-0.39, 0.29) is 17.5 Å². The van der Waals surface area contributed by atoms with Gasteiger partial charge >= 0.3 is 0 Å². The van der Waals surface area contributed by atoms with Gasteiger partial charge in [-0.3, -0.25) is 25.8 Å². The molecular formula is C15H20N4O3S. The normalized spacial score (nSPS) is 15.2. The van der Waals surface area contributed by atoms with Crippen molar-refractivity contribution in [2.75, 3.05) is 6.54 Å². The van der Waals surface area contributed by atoms with E-state index in [4.69, 9.17) is 12.2 Å². The van der Waals surface area contributed by atoms with E-state index in [2.05, 4.69) is 16.2 Å². The van der Waals surface area contributed by atoms with E-state index in [1.54, 1.807) is 12.1 Å². The lowest BCUT2D eigenvalue weighted by atomic mass is 9.72. The Balaban J connectivity index is 2.13. The fourth-order valence-corrected chi connectivity index (χ4v) is 2.84. The summed E-state index contributed by atoms with van der Waals surface area (Å²) in [6, 6.07) is 6.28. The predicted octanol–water partition coefficient (Wildman–Crippen LogP) is 1.99. The molecule has 1 unspecified atom stereocenters. The van der Waals surface area contributed by atoms with Crippen LogP contribution >= 0.6 is 12.2 Å². The number of nitrogens with one attached hydrogen (secondary N) is 3. The summed E-state index contributed by atoms with van der Waals surface area (Å²) < 4.78 is 0. The fraction of sp³-hybridized carbons (Fsp3) is 0.467. The van der Waals surface area contributed by atoms with Crippen molar-refractivity contribution in [2.24, 2.45) is 5.92 Å². The Hall–Kier alpha value is -2.22. The van der Waals surface area contributed by atoms with Crippen LogP contribution in [0.4, 0.5) is 5.69 Å². The minimum Gasteiger partial charge on any atom is -0.362 e. The molecule has 1 atom stereocenters. The molecule has 2 rings (SSSR count). The molecule has 8 heteroatoms. The van der Waals surface area contributed by atoms with Crippen LogP contribution in [-0.2, 0) is 4.79 Å². The summed E-state index contributed by atoms with van der Waals surface area (Å²) in [4.78, 5) is 23.0. The number of nitrogens with zero attached hydrogens (tertiary/aromatic N) is 1. The largest absolute Gasteiger partial charge is 0.362 e. The Morgan fingerprint density at radius 3 is 2.74 bits per heavy atom. The number of non-ortho nitro benzene ring substituents is 1. The van der Waals surface area contributed by atoms with Gasteiger partial charge in [0.25, 0.3) is 5.69 Å². The average molecular weight is 336 g/mol. The summed E-state index contributed by atoms with van der Waals surface area (Å²) in [6.45, 7) is 2.55. The number of amides is 1. The molecule has 1 aromatic rings. The van der Waals surface area contributed by atoms with Gasteiger partial charge in [-0.25, -0.2) is 0 Å². The van der Waals surface area contributed by atoms with Crippen LogP contribution in [0.1, 0.15) is 37.7 Å². The van der Waals surface area contributed by atoms with E-state index in [1.807, 2.05) is 6.92 Å². The van der Waals surface area contributed by atoms with Gasteiger partial charge in [-0.1, -0.05) is 18.6 Å². The minimum absolute atomic E-state index is 0.00393. The highest BCUT2D eigenvalue weighted by Crippen LogP contribution is 2.40. The van der Waals surface area contributed by atoms with Gasteiger partial charge in [0.05, 0.1) is 10.8 Å².